The number of rotatable bonds is 0. The van der Waals surface area contributed by atoms with E-state index in [1.54, 1.807) is 0 Å². The van der Waals surface area contributed by atoms with Crippen molar-refractivity contribution in [3.8, 4) is 11.8 Å². The summed E-state index contributed by atoms with van der Waals surface area (Å²) in [7, 11) is 0. The molecule has 2 aromatic rings. The second-order valence-electron chi connectivity index (χ2n) is 3.03. The van der Waals surface area contributed by atoms with Crippen molar-refractivity contribution < 1.29 is 4.79 Å². The minimum Gasteiger partial charge on any atom is -0.289 e. The Morgan fingerprint density at radius 2 is 1.87 bits per heavy atom. The van der Waals surface area contributed by atoms with Gasteiger partial charge in [0.25, 0.3) is 0 Å². The highest BCUT2D eigenvalue weighted by molar-refractivity contribution is 9.10. The zero-order chi connectivity index (χ0) is 10.7. The van der Waals surface area contributed by atoms with E-state index in [-0.39, 0.29) is 0 Å². The number of fused-ring (bicyclic) bond motifs is 1. The number of carbonyl (C=O) groups excluding carboxylic acids is 1. The average Bonchev–Trinajstić information content (AvgIpc) is 2.26. The average molecular weight is 259 g/mol. The Bertz CT molecular complexity index is 571. The van der Waals surface area contributed by atoms with E-state index in [2.05, 4.69) is 27.8 Å². The molecule has 0 aliphatic heterocycles. The first-order valence-corrected chi connectivity index (χ1v) is 5.24. The smallest absolute Gasteiger partial charge is 0.193 e. The summed E-state index contributed by atoms with van der Waals surface area (Å²) in [5.41, 5.74) is 0.868. The van der Waals surface area contributed by atoms with E-state index in [0.29, 0.717) is 6.29 Å². The molecule has 0 radical (unpaired) electrons. The van der Waals surface area contributed by atoms with Gasteiger partial charge in [-0.05, 0) is 23.4 Å². The first kappa shape index (κ1) is 9.95. The Balaban J connectivity index is 2.79. The molecule has 0 atom stereocenters. The molecular weight excluding hydrogens is 252 g/mol. The lowest BCUT2D eigenvalue weighted by atomic mass is 10.1. The van der Waals surface area contributed by atoms with E-state index in [1.807, 2.05) is 36.4 Å². The monoisotopic (exact) mass is 258 g/mol. The number of hydrogen-bond acceptors (Lipinski definition) is 1. The predicted molar refractivity (Wildman–Crippen MR) is 64.6 cm³/mol. The second-order valence-corrected chi connectivity index (χ2v) is 3.89. The van der Waals surface area contributed by atoms with Gasteiger partial charge in [-0.3, -0.25) is 4.79 Å². The number of halogens is 1. The van der Waals surface area contributed by atoms with Crippen molar-refractivity contribution in [2.45, 2.75) is 0 Å². The maximum atomic E-state index is 10.2. The predicted octanol–water partition coefficient (Wildman–Crippen LogP) is 3.15. The topological polar surface area (TPSA) is 17.1 Å². The van der Waals surface area contributed by atoms with Crippen LogP contribution in [0.4, 0.5) is 0 Å². The molecule has 2 aromatic carbocycles. The van der Waals surface area contributed by atoms with Crippen molar-refractivity contribution in [1.29, 1.82) is 0 Å². The minimum absolute atomic E-state index is 0.607. The van der Waals surface area contributed by atoms with Crippen LogP contribution >= 0.6 is 15.9 Å². The summed E-state index contributed by atoms with van der Waals surface area (Å²) in [6, 6.07) is 11.8. The Hall–Kier alpha value is -1.59. The van der Waals surface area contributed by atoms with Crippen LogP contribution < -0.4 is 0 Å². The number of carbonyl (C=O) groups is 1. The van der Waals surface area contributed by atoms with Crippen LogP contribution in [0.3, 0.4) is 0 Å². The molecule has 0 saturated carbocycles. The third-order valence-electron chi connectivity index (χ3n) is 2.12. The van der Waals surface area contributed by atoms with Gasteiger partial charge in [0, 0.05) is 15.4 Å². The van der Waals surface area contributed by atoms with Crippen molar-refractivity contribution in [1.82, 2.24) is 0 Å². The van der Waals surface area contributed by atoms with Crippen molar-refractivity contribution in [3.63, 3.8) is 0 Å². The maximum absolute atomic E-state index is 10.2. The molecule has 0 N–H and O–H groups in total. The van der Waals surface area contributed by atoms with Crippen LogP contribution in [0.2, 0.25) is 0 Å². The van der Waals surface area contributed by atoms with Gasteiger partial charge in [0.1, 0.15) is 0 Å². The first-order valence-electron chi connectivity index (χ1n) is 4.45. The van der Waals surface area contributed by atoms with Crippen molar-refractivity contribution in [2.24, 2.45) is 0 Å². The summed E-state index contributed by atoms with van der Waals surface area (Å²) in [5.74, 6) is 5.26. The standard InChI is InChI=1S/C13H7BrO/c14-12-8-2-6-10-4-1-5-11(13(10)12)7-3-9-15/h1-2,4-6,8-9H. The van der Waals surface area contributed by atoms with Crippen molar-refractivity contribution in [3.05, 3.63) is 46.4 Å². The van der Waals surface area contributed by atoms with Crippen LogP contribution in [0.5, 0.6) is 0 Å². The Kier molecular flexibility index (Phi) is 2.84. The molecule has 2 rings (SSSR count). The Morgan fingerprint density at radius 3 is 2.60 bits per heavy atom. The molecule has 1 nitrogen and oxygen atoms in total. The fourth-order valence-corrected chi connectivity index (χ4v) is 2.10. The van der Waals surface area contributed by atoms with Gasteiger partial charge in [-0.15, -0.1) is 0 Å². The van der Waals surface area contributed by atoms with Gasteiger partial charge < -0.3 is 0 Å². The second kappa shape index (κ2) is 4.29. The van der Waals surface area contributed by atoms with Gasteiger partial charge in [-0.1, -0.05) is 46.1 Å². The number of aldehydes is 1. The molecule has 0 unspecified atom stereocenters. The molecule has 0 aliphatic rings. The summed E-state index contributed by atoms with van der Waals surface area (Å²) in [6.45, 7) is 0. The van der Waals surface area contributed by atoms with Crippen LogP contribution in [0, 0.1) is 11.8 Å². The summed E-state index contributed by atoms with van der Waals surface area (Å²) >= 11 is 3.48. The maximum Gasteiger partial charge on any atom is 0.193 e. The van der Waals surface area contributed by atoms with Crippen molar-refractivity contribution >= 4 is 33.0 Å². The third-order valence-corrected chi connectivity index (χ3v) is 2.78. The van der Waals surface area contributed by atoms with Gasteiger partial charge in [0.05, 0.1) is 0 Å². The van der Waals surface area contributed by atoms with E-state index in [4.69, 9.17) is 0 Å². The lowest BCUT2D eigenvalue weighted by molar-refractivity contribution is -0.103. The molecule has 0 spiro atoms. The molecule has 0 amide bonds. The summed E-state index contributed by atoms with van der Waals surface area (Å²) in [4.78, 5) is 10.2. The fourth-order valence-electron chi connectivity index (χ4n) is 1.51. The van der Waals surface area contributed by atoms with Gasteiger partial charge in [0.15, 0.2) is 6.29 Å². The van der Waals surface area contributed by atoms with Crippen molar-refractivity contribution in [2.75, 3.05) is 0 Å². The van der Waals surface area contributed by atoms with Gasteiger partial charge in [-0.2, -0.15) is 0 Å². The molecule has 15 heavy (non-hydrogen) atoms. The minimum atomic E-state index is 0.607. The summed E-state index contributed by atoms with van der Waals surface area (Å²) in [5, 5.41) is 2.16. The molecular formula is C13H7BrO. The quantitative estimate of drug-likeness (QED) is 0.524. The Labute approximate surface area is 96.2 Å². The highest BCUT2D eigenvalue weighted by Gasteiger charge is 2.01. The van der Waals surface area contributed by atoms with Crippen LogP contribution in [-0.2, 0) is 4.79 Å². The van der Waals surface area contributed by atoms with E-state index in [0.717, 1.165) is 20.8 Å². The zero-order valence-corrected chi connectivity index (χ0v) is 9.41. The van der Waals surface area contributed by atoms with E-state index in [9.17, 15) is 4.79 Å². The van der Waals surface area contributed by atoms with Gasteiger partial charge >= 0.3 is 0 Å². The fraction of sp³-hybridized carbons (Fsp3) is 0. The summed E-state index contributed by atoms with van der Waals surface area (Å²) in [6.07, 6.45) is 0.607. The first-order chi connectivity index (χ1) is 7.33. The molecule has 72 valence electrons. The number of hydrogen-bond donors (Lipinski definition) is 0. The van der Waals surface area contributed by atoms with Crippen LogP contribution in [0.1, 0.15) is 5.56 Å². The van der Waals surface area contributed by atoms with Gasteiger partial charge in [-0.25, -0.2) is 0 Å². The molecule has 0 heterocycles. The highest BCUT2D eigenvalue weighted by atomic mass is 79.9. The van der Waals surface area contributed by atoms with Crippen LogP contribution in [0.15, 0.2) is 40.9 Å². The molecule has 0 fully saturated rings. The van der Waals surface area contributed by atoms with E-state index < -0.39 is 0 Å². The molecule has 0 aliphatic carbocycles. The van der Waals surface area contributed by atoms with E-state index >= 15 is 0 Å². The summed E-state index contributed by atoms with van der Waals surface area (Å²) < 4.78 is 0.996. The SMILES string of the molecule is O=CC#Cc1cccc2cccc(Br)c12. The normalized spacial score (nSPS) is 9.40. The number of benzene rings is 2. The largest absolute Gasteiger partial charge is 0.289 e. The molecule has 2 heteroatoms. The third kappa shape index (κ3) is 1.93. The van der Waals surface area contributed by atoms with Crippen LogP contribution in [-0.4, -0.2) is 6.29 Å². The lowest BCUT2D eigenvalue weighted by Crippen LogP contribution is -1.81. The Morgan fingerprint density at radius 1 is 1.13 bits per heavy atom. The highest BCUT2D eigenvalue weighted by Crippen LogP contribution is 2.26. The van der Waals surface area contributed by atoms with E-state index in [1.165, 1.54) is 0 Å². The molecule has 0 saturated heterocycles. The molecule has 0 aromatic heterocycles. The zero-order valence-electron chi connectivity index (χ0n) is 7.83. The van der Waals surface area contributed by atoms with Crippen LogP contribution in [0.25, 0.3) is 10.8 Å². The molecule has 0 bridgehead atoms. The van der Waals surface area contributed by atoms with Gasteiger partial charge in [0.2, 0.25) is 0 Å². The lowest BCUT2D eigenvalue weighted by Gasteiger charge is -2.02.